The Morgan fingerprint density at radius 2 is 2.00 bits per heavy atom. The van der Waals surface area contributed by atoms with Gasteiger partial charge in [0, 0.05) is 12.4 Å². The maximum absolute atomic E-state index is 11.9. The fourth-order valence-corrected chi connectivity index (χ4v) is 2.41. The minimum Gasteiger partial charge on any atom is -0.387 e. The molecule has 1 aromatic carbocycles. The molecule has 0 saturated carbocycles. The molecule has 1 aromatic heterocycles. The first kappa shape index (κ1) is 11.9. The van der Waals surface area contributed by atoms with Crippen molar-refractivity contribution in [2.24, 2.45) is 0 Å². The molecular formula is C12H12N2O2S. The van der Waals surface area contributed by atoms with E-state index >= 15 is 0 Å². The van der Waals surface area contributed by atoms with Gasteiger partial charge in [-0.05, 0) is 5.56 Å². The van der Waals surface area contributed by atoms with Crippen molar-refractivity contribution < 1.29 is 9.32 Å². The molecule has 1 N–H and O–H groups in total. The van der Waals surface area contributed by atoms with Gasteiger partial charge in [-0.15, -0.1) is 0 Å². The normalized spacial score (nSPS) is 14.2. The lowest BCUT2D eigenvalue weighted by molar-refractivity contribution is 0.203. The van der Waals surface area contributed by atoms with Gasteiger partial charge >= 0.3 is 0 Å². The Hall–Kier alpha value is -1.59. The Morgan fingerprint density at radius 1 is 1.24 bits per heavy atom. The van der Waals surface area contributed by atoms with Crippen LogP contribution in [0, 0.1) is 0 Å². The second-order valence-electron chi connectivity index (χ2n) is 3.48. The molecule has 1 heterocycles. The van der Waals surface area contributed by atoms with Crippen molar-refractivity contribution in [2.45, 2.75) is 11.1 Å². The second kappa shape index (κ2) is 5.65. The fraction of sp³-hybridized carbons (Fsp3) is 0.167. The van der Waals surface area contributed by atoms with Crippen molar-refractivity contribution in [3.8, 4) is 0 Å². The van der Waals surface area contributed by atoms with Gasteiger partial charge in [0.2, 0.25) is 0 Å². The highest BCUT2D eigenvalue weighted by molar-refractivity contribution is 7.85. The first-order valence-corrected chi connectivity index (χ1v) is 6.46. The summed E-state index contributed by atoms with van der Waals surface area (Å²) in [5, 5.41) is 10.3. The van der Waals surface area contributed by atoms with Gasteiger partial charge in [-0.2, -0.15) is 0 Å². The third-order valence-electron chi connectivity index (χ3n) is 2.27. The lowest BCUT2D eigenvalue weighted by Gasteiger charge is -2.09. The maximum atomic E-state index is 11.9. The van der Waals surface area contributed by atoms with Crippen molar-refractivity contribution in [1.82, 2.24) is 9.97 Å². The summed E-state index contributed by atoms with van der Waals surface area (Å²) < 4.78 is 11.9. The first-order valence-electron chi connectivity index (χ1n) is 5.15. The van der Waals surface area contributed by atoms with Gasteiger partial charge in [0.15, 0.2) is 0 Å². The Morgan fingerprint density at radius 3 is 2.65 bits per heavy atom. The van der Waals surface area contributed by atoms with E-state index in [1.807, 2.05) is 18.2 Å². The lowest BCUT2D eigenvalue weighted by Crippen LogP contribution is -2.10. The van der Waals surface area contributed by atoms with E-state index in [0.29, 0.717) is 5.03 Å². The number of rotatable bonds is 4. The zero-order valence-electron chi connectivity index (χ0n) is 9.06. The Balaban J connectivity index is 2.05. The van der Waals surface area contributed by atoms with E-state index in [9.17, 15) is 9.32 Å². The largest absolute Gasteiger partial charge is 0.387 e. The van der Waals surface area contributed by atoms with Gasteiger partial charge in [0.05, 0.1) is 28.9 Å². The molecule has 5 heteroatoms. The van der Waals surface area contributed by atoms with Crippen LogP contribution >= 0.6 is 0 Å². The molecule has 0 saturated heterocycles. The summed E-state index contributed by atoms with van der Waals surface area (Å²) in [6.07, 6.45) is 3.71. The predicted molar refractivity (Wildman–Crippen MR) is 64.7 cm³/mol. The molecule has 0 aliphatic carbocycles. The summed E-state index contributed by atoms with van der Waals surface area (Å²) in [5.41, 5.74) is 0.754. The molecule has 0 spiro atoms. The molecule has 2 atom stereocenters. The average Bonchev–Trinajstić information content (AvgIpc) is 2.40. The van der Waals surface area contributed by atoms with Crippen LogP contribution in [0.5, 0.6) is 0 Å². The third kappa shape index (κ3) is 3.18. The van der Waals surface area contributed by atoms with Crippen molar-refractivity contribution in [3.63, 3.8) is 0 Å². The maximum Gasteiger partial charge on any atom is 0.145 e. The summed E-state index contributed by atoms with van der Waals surface area (Å²) in [6.45, 7) is 0. The summed E-state index contributed by atoms with van der Waals surface area (Å²) in [7, 11) is -1.34. The zero-order chi connectivity index (χ0) is 12.1. The van der Waals surface area contributed by atoms with Crippen molar-refractivity contribution in [1.29, 1.82) is 0 Å². The standard InChI is InChI=1S/C12H12N2O2S/c15-11(10-4-2-1-3-5-10)9-17(16)12-8-13-6-7-14-12/h1-8,11,15H,9H2. The number of hydrogen-bond donors (Lipinski definition) is 1. The third-order valence-corrected chi connectivity index (χ3v) is 3.56. The van der Waals surface area contributed by atoms with Crippen LogP contribution in [-0.4, -0.2) is 25.0 Å². The summed E-state index contributed by atoms with van der Waals surface area (Å²) >= 11 is 0. The number of nitrogens with zero attached hydrogens (tertiary/aromatic N) is 2. The Kier molecular flexibility index (Phi) is 3.95. The van der Waals surface area contributed by atoms with E-state index in [-0.39, 0.29) is 5.75 Å². The minimum atomic E-state index is -1.34. The molecule has 0 fully saturated rings. The predicted octanol–water partition coefficient (Wildman–Crippen LogP) is 1.32. The van der Waals surface area contributed by atoms with Crippen molar-refractivity contribution >= 4 is 10.8 Å². The molecule has 0 amide bonds. The molecule has 0 aliphatic heterocycles. The molecule has 17 heavy (non-hydrogen) atoms. The summed E-state index contributed by atoms with van der Waals surface area (Å²) in [6, 6.07) is 9.15. The quantitative estimate of drug-likeness (QED) is 0.886. The van der Waals surface area contributed by atoms with Gasteiger partial charge < -0.3 is 5.11 Å². The Bertz CT molecular complexity index is 490. The number of aromatic nitrogens is 2. The van der Waals surface area contributed by atoms with Gasteiger partial charge in [0.1, 0.15) is 5.03 Å². The summed E-state index contributed by atoms with van der Waals surface area (Å²) in [5.74, 6) is 0.128. The van der Waals surface area contributed by atoms with Crippen LogP contribution in [0.1, 0.15) is 11.7 Å². The number of aliphatic hydroxyl groups is 1. The molecule has 4 nitrogen and oxygen atoms in total. The van der Waals surface area contributed by atoms with Crippen molar-refractivity contribution in [3.05, 3.63) is 54.5 Å². The minimum absolute atomic E-state index is 0.128. The second-order valence-corrected chi connectivity index (χ2v) is 4.92. The van der Waals surface area contributed by atoms with Gasteiger partial charge in [-0.3, -0.25) is 9.19 Å². The van der Waals surface area contributed by atoms with E-state index in [1.54, 1.807) is 12.1 Å². The highest BCUT2D eigenvalue weighted by Gasteiger charge is 2.13. The highest BCUT2D eigenvalue weighted by Crippen LogP contribution is 2.15. The molecule has 2 aromatic rings. The first-order chi connectivity index (χ1) is 8.27. The summed E-state index contributed by atoms with van der Waals surface area (Å²) in [4.78, 5) is 7.80. The van der Waals surface area contributed by atoms with Crippen LogP contribution in [0.2, 0.25) is 0 Å². The van der Waals surface area contributed by atoms with Crippen LogP contribution in [0.25, 0.3) is 0 Å². The van der Waals surface area contributed by atoms with Crippen LogP contribution in [0.4, 0.5) is 0 Å². The van der Waals surface area contributed by atoms with Gasteiger partial charge in [-0.1, -0.05) is 30.3 Å². The fourth-order valence-electron chi connectivity index (χ4n) is 1.40. The van der Waals surface area contributed by atoms with Crippen LogP contribution in [-0.2, 0) is 10.8 Å². The molecule has 0 aliphatic rings. The van der Waals surface area contributed by atoms with Crippen LogP contribution in [0.15, 0.2) is 53.9 Å². The van der Waals surface area contributed by atoms with E-state index < -0.39 is 16.9 Å². The van der Waals surface area contributed by atoms with E-state index in [0.717, 1.165) is 5.56 Å². The number of aliphatic hydroxyl groups excluding tert-OH is 1. The zero-order valence-corrected chi connectivity index (χ0v) is 9.88. The number of benzene rings is 1. The van der Waals surface area contributed by atoms with E-state index in [1.165, 1.54) is 18.6 Å². The molecule has 2 rings (SSSR count). The van der Waals surface area contributed by atoms with Gasteiger partial charge in [-0.25, -0.2) is 4.98 Å². The molecule has 2 unspecified atom stereocenters. The highest BCUT2D eigenvalue weighted by atomic mass is 32.2. The molecular weight excluding hydrogens is 236 g/mol. The Labute approximate surface area is 102 Å². The monoisotopic (exact) mass is 248 g/mol. The molecule has 0 bridgehead atoms. The van der Waals surface area contributed by atoms with Gasteiger partial charge in [0.25, 0.3) is 0 Å². The molecule has 88 valence electrons. The smallest absolute Gasteiger partial charge is 0.145 e. The molecule has 0 radical (unpaired) electrons. The van der Waals surface area contributed by atoms with E-state index in [2.05, 4.69) is 9.97 Å². The lowest BCUT2D eigenvalue weighted by atomic mass is 10.1. The van der Waals surface area contributed by atoms with Crippen molar-refractivity contribution in [2.75, 3.05) is 5.75 Å². The van der Waals surface area contributed by atoms with E-state index in [4.69, 9.17) is 0 Å². The number of hydrogen-bond acceptors (Lipinski definition) is 4. The topological polar surface area (TPSA) is 63.1 Å². The van der Waals surface area contributed by atoms with Crippen LogP contribution in [0.3, 0.4) is 0 Å². The SMILES string of the molecule is O=S(CC(O)c1ccccc1)c1cnccn1. The van der Waals surface area contributed by atoms with Crippen LogP contribution < -0.4 is 0 Å². The average molecular weight is 248 g/mol.